The van der Waals surface area contributed by atoms with Crippen LogP contribution in [0.25, 0.3) is 10.2 Å². The maximum atomic E-state index is 12.8. The molecule has 1 unspecified atom stereocenters. The molecule has 1 aromatic carbocycles. The molecule has 0 aliphatic carbocycles. The molecule has 1 N–H and O–H groups in total. The quantitative estimate of drug-likeness (QED) is 0.770. The minimum absolute atomic E-state index is 0.157. The topological polar surface area (TPSA) is 75.3 Å². The van der Waals surface area contributed by atoms with E-state index >= 15 is 0 Å². The van der Waals surface area contributed by atoms with Crippen molar-refractivity contribution in [3.05, 3.63) is 57.5 Å². The second-order valence-electron chi connectivity index (χ2n) is 6.39. The Hall–Kier alpha value is -2.67. The number of methoxy groups -OCH3 is 1. The van der Waals surface area contributed by atoms with Gasteiger partial charge >= 0.3 is 0 Å². The number of hydrogen-bond donors (Lipinski definition) is 1. The number of aromatic amines is 1. The summed E-state index contributed by atoms with van der Waals surface area (Å²) in [5, 5.41) is 1.08. The van der Waals surface area contributed by atoms with E-state index in [9.17, 15) is 9.59 Å². The number of aromatic nitrogens is 2. The van der Waals surface area contributed by atoms with Crippen molar-refractivity contribution in [3.8, 4) is 5.75 Å². The molecular weight excluding hydrogens is 350 g/mol. The Morgan fingerprint density at radius 2 is 2.23 bits per heavy atom. The van der Waals surface area contributed by atoms with Gasteiger partial charge in [-0.2, -0.15) is 0 Å². The summed E-state index contributed by atoms with van der Waals surface area (Å²) in [5.74, 6) is 0.276. The Labute approximate surface area is 154 Å². The number of carbonyl (C=O) groups is 1. The number of carbonyl (C=O) groups excluding carboxylic acids is 1. The van der Waals surface area contributed by atoms with E-state index < -0.39 is 0 Å². The Kier molecular flexibility index (Phi) is 4.46. The van der Waals surface area contributed by atoms with Crippen LogP contribution in [0, 0.1) is 0 Å². The van der Waals surface area contributed by atoms with Crippen LogP contribution >= 0.6 is 11.3 Å². The molecule has 1 aliphatic heterocycles. The maximum Gasteiger partial charge on any atom is 0.270 e. The number of nitrogens with one attached hydrogen (secondary N) is 1. The molecule has 3 aromatic rings. The van der Waals surface area contributed by atoms with E-state index in [-0.39, 0.29) is 23.0 Å². The molecule has 4 rings (SSSR count). The fourth-order valence-electron chi connectivity index (χ4n) is 3.34. The molecule has 1 aliphatic rings. The molecule has 1 fully saturated rings. The number of piperidine rings is 1. The van der Waals surface area contributed by atoms with Gasteiger partial charge in [0.15, 0.2) is 5.75 Å². The molecule has 0 bridgehead atoms. The van der Waals surface area contributed by atoms with Gasteiger partial charge in [0.2, 0.25) is 5.43 Å². The van der Waals surface area contributed by atoms with Gasteiger partial charge in [-0.05, 0) is 25.0 Å². The number of likely N-dealkylation sites (tertiary alicyclic amines) is 1. The number of benzene rings is 1. The third-order valence-corrected chi connectivity index (χ3v) is 5.89. The number of hydrogen-bond acceptors (Lipinski definition) is 5. The fourth-order valence-corrected chi connectivity index (χ4v) is 4.43. The molecule has 1 amide bonds. The summed E-state index contributed by atoms with van der Waals surface area (Å²) < 4.78 is 6.13. The average Bonchev–Trinajstić information content (AvgIpc) is 3.12. The fraction of sp³-hybridized carbons (Fsp3) is 0.316. The summed E-state index contributed by atoms with van der Waals surface area (Å²) in [6.07, 6.45) is 3.37. The Balaban J connectivity index is 1.55. The Bertz CT molecular complexity index is 977. The van der Waals surface area contributed by atoms with Crippen molar-refractivity contribution >= 4 is 27.5 Å². The van der Waals surface area contributed by atoms with Gasteiger partial charge in [0.1, 0.15) is 5.69 Å². The first-order valence-corrected chi connectivity index (χ1v) is 9.39. The zero-order valence-electron chi connectivity index (χ0n) is 14.4. The molecular formula is C19H19N3O3S. The molecule has 3 heterocycles. The monoisotopic (exact) mass is 369 g/mol. The lowest BCUT2D eigenvalue weighted by Gasteiger charge is -2.31. The highest BCUT2D eigenvalue weighted by atomic mass is 32.1. The highest BCUT2D eigenvalue weighted by Crippen LogP contribution is 2.33. The van der Waals surface area contributed by atoms with E-state index in [0.29, 0.717) is 18.8 Å². The van der Waals surface area contributed by atoms with Crippen molar-refractivity contribution in [3.63, 3.8) is 0 Å². The normalized spacial score (nSPS) is 17.4. The summed E-state index contributed by atoms with van der Waals surface area (Å²) >= 11 is 1.70. The number of nitrogens with zero attached hydrogens (tertiary/aromatic N) is 2. The minimum Gasteiger partial charge on any atom is -0.491 e. The van der Waals surface area contributed by atoms with Crippen molar-refractivity contribution in [1.29, 1.82) is 0 Å². The molecule has 1 atom stereocenters. The van der Waals surface area contributed by atoms with E-state index in [1.807, 2.05) is 18.2 Å². The van der Waals surface area contributed by atoms with Gasteiger partial charge < -0.3 is 14.6 Å². The molecule has 0 saturated carbocycles. The highest BCUT2D eigenvalue weighted by molar-refractivity contribution is 7.18. The number of rotatable bonds is 3. The molecule has 2 aromatic heterocycles. The second kappa shape index (κ2) is 6.92. The van der Waals surface area contributed by atoms with Crippen LogP contribution in [-0.4, -0.2) is 41.0 Å². The summed E-state index contributed by atoms with van der Waals surface area (Å²) in [6, 6.07) is 9.40. The van der Waals surface area contributed by atoms with Gasteiger partial charge in [-0.15, -0.1) is 11.3 Å². The zero-order valence-corrected chi connectivity index (χ0v) is 15.2. The van der Waals surface area contributed by atoms with Gasteiger partial charge in [0, 0.05) is 31.3 Å². The number of fused-ring (bicyclic) bond motifs is 1. The third kappa shape index (κ3) is 3.10. The molecule has 26 heavy (non-hydrogen) atoms. The average molecular weight is 369 g/mol. The van der Waals surface area contributed by atoms with E-state index in [1.165, 1.54) is 24.1 Å². The number of H-pyrrole nitrogens is 1. The number of ether oxygens (including phenoxy) is 1. The van der Waals surface area contributed by atoms with E-state index in [2.05, 4.69) is 11.1 Å². The maximum absolute atomic E-state index is 12.8. The molecule has 7 heteroatoms. The highest BCUT2D eigenvalue weighted by Gasteiger charge is 2.28. The lowest BCUT2D eigenvalue weighted by molar-refractivity contribution is 0.0701. The van der Waals surface area contributed by atoms with Crippen LogP contribution in [0.15, 0.2) is 41.3 Å². The predicted octanol–water partition coefficient (Wildman–Crippen LogP) is 3.01. The SMILES string of the molecule is COc1c[nH]c(C(=O)N2CCCC(c3nc4ccccc4s3)C2)cc1=O. The van der Waals surface area contributed by atoms with Crippen LogP contribution < -0.4 is 10.2 Å². The number of thiazole rings is 1. The van der Waals surface area contributed by atoms with Crippen molar-refractivity contribution in [1.82, 2.24) is 14.9 Å². The number of pyridine rings is 1. The number of amides is 1. The molecule has 0 spiro atoms. The smallest absolute Gasteiger partial charge is 0.270 e. The van der Waals surface area contributed by atoms with Crippen LogP contribution in [0.5, 0.6) is 5.75 Å². The van der Waals surface area contributed by atoms with E-state index in [1.54, 1.807) is 16.2 Å². The van der Waals surface area contributed by atoms with Gasteiger partial charge in [-0.3, -0.25) is 9.59 Å². The lowest BCUT2D eigenvalue weighted by Crippen LogP contribution is -2.39. The van der Waals surface area contributed by atoms with Gasteiger partial charge in [-0.25, -0.2) is 4.98 Å². The van der Waals surface area contributed by atoms with Crippen molar-refractivity contribution in [2.75, 3.05) is 20.2 Å². The third-order valence-electron chi connectivity index (χ3n) is 4.70. The van der Waals surface area contributed by atoms with Crippen molar-refractivity contribution in [2.24, 2.45) is 0 Å². The largest absolute Gasteiger partial charge is 0.491 e. The molecule has 134 valence electrons. The zero-order chi connectivity index (χ0) is 18.1. The number of para-hydroxylation sites is 1. The first-order chi connectivity index (χ1) is 12.7. The molecule has 6 nitrogen and oxygen atoms in total. The summed E-state index contributed by atoms with van der Waals surface area (Å²) in [4.78, 5) is 34.1. The van der Waals surface area contributed by atoms with Crippen LogP contribution in [0.1, 0.15) is 34.3 Å². The Morgan fingerprint density at radius 3 is 3.00 bits per heavy atom. The van der Waals surface area contributed by atoms with Crippen LogP contribution in [0.3, 0.4) is 0 Å². The van der Waals surface area contributed by atoms with E-state index in [4.69, 9.17) is 9.72 Å². The summed E-state index contributed by atoms with van der Waals surface area (Å²) in [7, 11) is 1.43. The standard InChI is InChI=1S/C19H19N3O3S/c1-25-16-10-20-14(9-15(16)23)19(24)22-8-4-5-12(11-22)18-21-13-6-2-3-7-17(13)26-18/h2-3,6-7,9-10,12H,4-5,8,11H2,1H3,(H,20,23). The first kappa shape index (κ1) is 16.8. The van der Waals surface area contributed by atoms with Gasteiger partial charge in [0.05, 0.1) is 22.3 Å². The van der Waals surface area contributed by atoms with E-state index in [0.717, 1.165) is 23.4 Å². The molecule has 1 saturated heterocycles. The second-order valence-corrected chi connectivity index (χ2v) is 7.45. The minimum atomic E-state index is -0.297. The van der Waals surface area contributed by atoms with Crippen LogP contribution in [0.4, 0.5) is 0 Å². The van der Waals surface area contributed by atoms with Crippen LogP contribution in [0.2, 0.25) is 0 Å². The van der Waals surface area contributed by atoms with Crippen LogP contribution in [-0.2, 0) is 0 Å². The first-order valence-electron chi connectivity index (χ1n) is 8.57. The molecule has 0 radical (unpaired) electrons. The van der Waals surface area contributed by atoms with Gasteiger partial charge in [0.25, 0.3) is 5.91 Å². The predicted molar refractivity (Wildman–Crippen MR) is 101 cm³/mol. The van der Waals surface area contributed by atoms with Crippen molar-refractivity contribution < 1.29 is 9.53 Å². The summed E-state index contributed by atoms with van der Waals surface area (Å²) in [6.45, 7) is 1.31. The summed E-state index contributed by atoms with van der Waals surface area (Å²) in [5.41, 5.74) is 1.01. The Morgan fingerprint density at radius 1 is 1.38 bits per heavy atom. The van der Waals surface area contributed by atoms with Crippen molar-refractivity contribution in [2.45, 2.75) is 18.8 Å². The van der Waals surface area contributed by atoms with Gasteiger partial charge in [-0.1, -0.05) is 12.1 Å². The lowest BCUT2D eigenvalue weighted by atomic mass is 9.98.